The largest absolute Gasteiger partial charge is 0.491 e. The molecule has 2 N–H and O–H groups in total. The maximum Gasteiger partial charge on any atom is 0.264 e. The highest BCUT2D eigenvalue weighted by Gasteiger charge is 2.29. The summed E-state index contributed by atoms with van der Waals surface area (Å²) in [5, 5.41) is 5.58. The number of rotatable bonds is 6. The van der Waals surface area contributed by atoms with Crippen molar-refractivity contribution in [2.24, 2.45) is 0 Å². The smallest absolute Gasteiger partial charge is 0.264 e. The van der Waals surface area contributed by atoms with Crippen LogP contribution in [0.5, 0.6) is 5.75 Å². The summed E-state index contributed by atoms with van der Waals surface area (Å²) in [7, 11) is 0. The second kappa shape index (κ2) is 9.76. The predicted molar refractivity (Wildman–Crippen MR) is 148 cm³/mol. The van der Waals surface area contributed by atoms with Crippen LogP contribution in [0.25, 0.3) is 33.2 Å². The normalized spacial score (nSPS) is 15.0. The van der Waals surface area contributed by atoms with Gasteiger partial charge < -0.3 is 10.5 Å². The average molecular weight is 528 g/mol. The number of nitrogens with two attached hydrogens (primary N) is 1. The van der Waals surface area contributed by atoms with Crippen molar-refractivity contribution in [2.45, 2.75) is 64.6 Å². The van der Waals surface area contributed by atoms with Crippen LogP contribution in [0, 0.1) is 5.82 Å². The Kier molecular flexibility index (Phi) is 6.25. The van der Waals surface area contributed by atoms with Gasteiger partial charge in [0.05, 0.1) is 17.0 Å². The molecular formula is C29H30FN7O2. The van der Waals surface area contributed by atoms with E-state index in [1.807, 2.05) is 45.0 Å². The zero-order valence-electron chi connectivity index (χ0n) is 22.1. The van der Waals surface area contributed by atoms with Gasteiger partial charge in [-0.15, -0.1) is 0 Å². The third-order valence-corrected chi connectivity index (χ3v) is 7.35. The molecule has 3 aromatic heterocycles. The summed E-state index contributed by atoms with van der Waals surface area (Å²) in [4.78, 5) is 27.3. The maximum absolute atomic E-state index is 14.8. The van der Waals surface area contributed by atoms with Crippen molar-refractivity contribution in [2.75, 3.05) is 5.73 Å². The molecule has 0 bridgehead atoms. The van der Waals surface area contributed by atoms with Crippen LogP contribution in [-0.4, -0.2) is 35.4 Å². The Bertz CT molecular complexity index is 1740. The zero-order valence-corrected chi connectivity index (χ0v) is 22.1. The molecule has 0 amide bonds. The van der Waals surface area contributed by atoms with Crippen molar-refractivity contribution in [3.63, 3.8) is 0 Å². The monoisotopic (exact) mass is 527 g/mol. The highest BCUT2D eigenvalue weighted by atomic mass is 19.1. The molecule has 0 radical (unpaired) electrons. The molecular weight excluding hydrogens is 497 g/mol. The van der Waals surface area contributed by atoms with E-state index in [2.05, 4.69) is 9.97 Å². The SMILES string of the molecule is CC(C)Oc1ccc(-c2nn(C(C)c3nc4cccc(F)c4c(=O)n3C3CCCC3)c3ncnc(N)c23)cc1. The van der Waals surface area contributed by atoms with E-state index in [-0.39, 0.29) is 23.1 Å². The third-order valence-electron chi connectivity index (χ3n) is 7.35. The van der Waals surface area contributed by atoms with Gasteiger partial charge >= 0.3 is 0 Å². The molecule has 10 heteroatoms. The summed E-state index contributed by atoms with van der Waals surface area (Å²) in [6.07, 6.45) is 5.16. The highest BCUT2D eigenvalue weighted by Crippen LogP contribution is 2.36. The molecule has 1 saturated carbocycles. The van der Waals surface area contributed by atoms with Crippen molar-refractivity contribution < 1.29 is 9.13 Å². The van der Waals surface area contributed by atoms with Gasteiger partial charge in [-0.1, -0.05) is 18.9 Å². The van der Waals surface area contributed by atoms with Crippen LogP contribution in [0.1, 0.15) is 64.4 Å². The minimum atomic E-state index is -0.562. The molecule has 2 aromatic carbocycles. The Hall–Kier alpha value is -4.34. The first-order chi connectivity index (χ1) is 18.8. The van der Waals surface area contributed by atoms with E-state index in [0.29, 0.717) is 33.9 Å². The summed E-state index contributed by atoms with van der Waals surface area (Å²) < 4.78 is 24.0. The summed E-state index contributed by atoms with van der Waals surface area (Å²) in [5.74, 6) is 1.01. The van der Waals surface area contributed by atoms with E-state index in [4.69, 9.17) is 20.6 Å². The second-order valence-corrected chi connectivity index (χ2v) is 10.3. The molecule has 1 unspecified atom stereocenters. The quantitative estimate of drug-likeness (QED) is 0.313. The fourth-order valence-electron chi connectivity index (χ4n) is 5.57. The van der Waals surface area contributed by atoms with E-state index in [1.54, 1.807) is 21.4 Å². The predicted octanol–water partition coefficient (Wildman–Crippen LogP) is 5.44. The Balaban J connectivity index is 1.54. The Morgan fingerprint density at radius 3 is 2.49 bits per heavy atom. The number of fused-ring (bicyclic) bond motifs is 2. The van der Waals surface area contributed by atoms with Gasteiger partial charge in [-0.05, 0) is 70.0 Å². The third kappa shape index (κ3) is 4.29. The number of hydrogen-bond donors (Lipinski definition) is 1. The molecule has 3 heterocycles. The fraction of sp³-hybridized carbons (Fsp3) is 0.345. The lowest BCUT2D eigenvalue weighted by Gasteiger charge is -2.23. The Morgan fingerprint density at radius 2 is 1.77 bits per heavy atom. The van der Waals surface area contributed by atoms with Gasteiger partial charge in [-0.2, -0.15) is 5.10 Å². The van der Waals surface area contributed by atoms with Crippen LogP contribution in [0.2, 0.25) is 0 Å². The lowest BCUT2D eigenvalue weighted by atomic mass is 10.1. The number of benzene rings is 2. The van der Waals surface area contributed by atoms with Gasteiger partial charge in [0.25, 0.3) is 5.56 Å². The first-order valence-electron chi connectivity index (χ1n) is 13.3. The second-order valence-electron chi connectivity index (χ2n) is 10.3. The van der Waals surface area contributed by atoms with Gasteiger partial charge in [-0.25, -0.2) is 24.0 Å². The van der Waals surface area contributed by atoms with E-state index in [1.165, 1.54) is 12.4 Å². The van der Waals surface area contributed by atoms with Crippen LogP contribution in [0.3, 0.4) is 0 Å². The minimum absolute atomic E-state index is 0.0154. The zero-order chi connectivity index (χ0) is 27.3. The number of nitrogens with zero attached hydrogens (tertiary/aromatic N) is 6. The summed E-state index contributed by atoms with van der Waals surface area (Å²) in [5.41, 5.74) is 8.27. The standard InChI is InChI=1S/C29H30FN7O2/c1-16(2)39-20-13-11-18(12-14-20)25-24-26(31)32-15-33-28(24)37(35-25)17(3)27-34-22-10-6-9-21(30)23(22)29(38)36(27)19-7-4-5-8-19/h6,9-17,19H,4-5,7-8H2,1-3H3,(H2,31,32,33). The molecule has 200 valence electrons. The molecule has 1 aliphatic carbocycles. The van der Waals surface area contributed by atoms with E-state index >= 15 is 0 Å². The van der Waals surface area contributed by atoms with Crippen LogP contribution in [0.4, 0.5) is 10.2 Å². The molecule has 5 aromatic rings. The maximum atomic E-state index is 14.8. The van der Waals surface area contributed by atoms with Gasteiger partial charge in [0, 0.05) is 11.6 Å². The molecule has 0 aliphatic heterocycles. The lowest BCUT2D eigenvalue weighted by molar-refractivity contribution is 0.242. The molecule has 1 atom stereocenters. The minimum Gasteiger partial charge on any atom is -0.491 e. The fourth-order valence-corrected chi connectivity index (χ4v) is 5.57. The summed E-state index contributed by atoms with van der Waals surface area (Å²) >= 11 is 0. The van der Waals surface area contributed by atoms with Crippen molar-refractivity contribution in [3.05, 3.63) is 70.8 Å². The molecule has 9 nitrogen and oxygen atoms in total. The molecule has 1 aliphatic rings. The summed E-state index contributed by atoms with van der Waals surface area (Å²) in [6.45, 7) is 5.87. The Morgan fingerprint density at radius 1 is 1.03 bits per heavy atom. The molecule has 6 rings (SSSR count). The topological polar surface area (TPSA) is 114 Å². The molecule has 0 saturated heterocycles. The molecule has 0 spiro atoms. The number of aromatic nitrogens is 6. The van der Waals surface area contributed by atoms with Crippen molar-refractivity contribution in [3.8, 4) is 17.0 Å². The lowest BCUT2D eigenvalue weighted by Crippen LogP contribution is -2.31. The van der Waals surface area contributed by atoms with E-state index < -0.39 is 11.9 Å². The van der Waals surface area contributed by atoms with Crippen LogP contribution in [0.15, 0.2) is 53.6 Å². The van der Waals surface area contributed by atoms with Gasteiger partial charge in [-0.3, -0.25) is 9.36 Å². The Labute approximate surface area is 224 Å². The molecule has 39 heavy (non-hydrogen) atoms. The van der Waals surface area contributed by atoms with Crippen molar-refractivity contribution in [1.82, 2.24) is 29.3 Å². The average Bonchev–Trinajstić information content (AvgIpc) is 3.57. The summed E-state index contributed by atoms with van der Waals surface area (Å²) in [6, 6.07) is 11.6. The van der Waals surface area contributed by atoms with Gasteiger partial charge in [0.2, 0.25) is 0 Å². The number of hydrogen-bond acceptors (Lipinski definition) is 7. The number of anilines is 1. The number of halogens is 1. The van der Waals surface area contributed by atoms with Crippen molar-refractivity contribution >= 4 is 27.8 Å². The van der Waals surface area contributed by atoms with Crippen molar-refractivity contribution in [1.29, 1.82) is 0 Å². The van der Waals surface area contributed by atoms with E-state index in [9.17, 15) is 9.18 Å². The van der Waals surface area contributed by atoms with Crippen LogP contribution >= 0.6 is 0 Å². The highest BCUT2D eigenvalue weighted by molar-refractivity contribution is 5.98. The van der Waals surface area contributed by atoms with Crippen LogP contribution < -0.4 is 16.0 Å². The van der Waals surface area contributed by atoms with Crippen LogP contribution in [-0.2, 0) is 0 Å². The van der Waals surface area contributed by atoms with Gasteiger partial charge in [0.15, 0.2) is 5.65 Å². The first-order valence-corrected chi connectivity index (χ1v) is 13.3. The number of ether oxygens (including phenoxy) is 1. The number of nitrogen functional groups attached to an aromatic ring is 1. The molecule has 1 fully saturated rings. The first kappa shape index (κ1) is 25.0. The van der Waals surface area contributed by atoms with Gasteiger partial charge in [0.1, 0.15) is 46.7 Å². The van der Waals surface area contributed by atoms with E-state index in [0.717, 1.165) is 37.0 Å².